The second-order valence-electron chi connectivity index (χ2n) is 5.38. The van der Waals surface area contributed by atoms with Gasteiger partial charge in [0.1, 0.15) is 0 Å². The Kier molecular flexibility index (Phi) is 7.87. The number of nitrogens with one attached hydrogen (secondary N) is 1. The summed E-state index contributed by atoms with van der Waals surface area (Å²) in [6.07, 6.45) is 2.63. The molecule has 1 aromatic heterocycles. The van der Waals surface area contributed by atoms with Crippen molar-refractivity contribution in [2.75, 3.05) is 19.6 Å². The molecule has 3 nitrogen and oxygen atoms in total. The molecule has 1 aromatic rings. The van der Waals surface area contributed by atoms with Gasteiger partial charge in [0.15, 0.2) is 5.96 Å². The Hall–Kier alpha value is -0.300. The van der Waals surface area contributed by atoms with E-state index in [4.69, 9.17) is 4.99 Å². The van der Waals surface area contributed by atoms with E-state index < -0.39 is 0 Å². The minimum Gasteiger partial charge on any atom is -0.357 e. The maximum absolute atomic E-state index is 4.80. The van der Waals surface area contributed by atoms with Crippen molar-refractivity contribution >= 4 is 41.3 Å². The number of piperidine rings is 1. The largest absolute Gasteiger partial charge is 0.357 e. The summed E-state index contributed by atoms with van der Waals surface area (Å²) in [5.41, 5.74) is 0. The number of hydrogen-bond donors (Lipinski definition) is 1. The minimum absolute atomic E-state index is 0. The fourth-order valence-corrected chi connectivity index (χ4v) is 3.35. The predicted octanol–water partition coefficient (Wildman–Crippen LogP) is 3.87. The van der Waals surface area contributed by atoms with Crippen LogP contribution in [0.3, 0.4) is 0 Å². The summed E-state index contributed by atoms with van der Waals surface area (Å²) in [5, 5.41) is 3.43. The van der Waals surface area contributed by atoms with Crippen LogP contribution in [0.2, 0.25) is 0 Å². The van der Waals surface area contributed by atoms with Gasteiger partial charge in [-0.25, -0.2) is 4.99 Å². The number of nitrogens with zero attached hydrogens (tertiary/aromatic N) is 2. The van der Waals surface area contributed by atoms with Gasteiger partial charge >= 0.3 is 0 Å². The predicted molar refractivity (Wildman–Crippen MR) is 99.3 cm³/mol. The molecular weight excluding hydrogens is 381 g/mol. The lowest BCUT2D eigenvalue weighted by atomic mass is 10.0. The van der Waals surface area contributed by atoms with E-state index in [-0.39, 0.29) is 24.0 Å². The number of rotatable bonds is 3. The number of guanidine groups is 1. The van der Waals surface area contributed by atoms with Crippen LogP contribution >= 0.6 is 35.3 Å². The molecule has 0 aromatic carbocycles. The van der Waals surface area contributed by atoms with E-state index >= 15 is 0 Å². The summed E-state index contributed by atoms with van der Waals surface area (Å²) < 4.78 is 0. The Morgan fingerprint density at radius 3 is 2.90 bits per heavy atom. The molecule has 2 rings (SSSR count). The van der Waals surface area contributed by atoms with Crippen molar-refractivity contribution in [1.29, 1.82) is 0 Å². The molecule has 5 heteroatoms. The van der Waals surface area contributed by atoms with Gasteiger partial charge in [-0.15, -0.1) is 35.3 Å². The van der Waals surface area contributed by atoms with E-state index in [1.54, 1.807) is 0 Å². The minimum atomic E-state index is 0. The van der Waals surface area contributed by atoms with Crippen molar-refractivity contribution in [3.8, 4) is 0 Å². The van der Waals surface area contributed by atoms with Crippen LogP contribution in [0.5, 0.6) is 0 Å². The van der Waals surface area contributed by atoms with Crippen LogP contribution in [-0.2, 0) is 6.54 Å². The molecule has 1 unspecified atom stereocenters. The molecule has 1 atom stereocenters. The lowest BCUT2D eigenvalue weighted by molar-refractivity contribution is 0.266. The lowest BCUT2D eigenvalue weighted by Crippen LogP contribution is -2.46. The molecule has 1 N–H and O–H groups in total. The third-order valence-electron chi connectivity index (χ3n) is 3.47. The lowest BCUT2D eigenvalue weighted by Gasteiger charge is -2.33. The van der Waals surface area contributed by atoms with Gasteiger partial charge in [-0.2, -0.15) is 0 Å². The number of aryl methyl sites for hydroxylation is 1. The molecule has 20 heavy (non-hydrogen) atoms. The van der Waals surface area contributed by atoms with Crippen molar-refractivity contribution in [2.45, 2.75) is 40.2 Å². The molecule has 114 valence electrons. The summed E-state index contributed by atoms with van der Waals surface area (Å²) in [6, 6.07) is 4.36. The SMILES string of the molecule is CCNC(=NCc1ccc(C)s1)N1CCCC(C)C1.I. The zero-order chi connectivity index (χ0) is 13.7. The highest BCUT2D eigenvalue weighted by Crippen LogP contribution is 2.18. The molecule has 0 amide bonds. The summed E-state index contributed by atoms with van der Waals surface area (Å²) in [5.74, 6) is 1.86. The summed E-state index contributed by atoms with van der Waals surface area (Å²) in [7, 11) is 0. The van der Waals surface area contributed by atoms with E-state index in [0.29, 0.717) is 0 Å². The first-order chi connectivity index (χ1) is 9.19. The quantitative estimate of drug-likeness (QED) is 0.468. The fraction of sp³-hybridized carbons (Fsp3) is 0.667. The molecule has 1 aliphatic heterocycles. The number of likely N-dealkylation sites (tertiary alicyclic amines) is 1. The average Bonchev–Trinajstić information content (AvgIpc) is 2.80. The molecule has 1 fully saturated rings. The highest BCUT2D eigenvalue weighted by molar-refractivity contribution is 14.0. The van der Waals surface area contributed by atoms with Crippen LogP contribution < -0.4 is 5.32 Å². The smallest absolute Gasteiger partial charge is 0.194 e. The normalized spacial score (nSPS) is 19.6. The van der Waals surface area contributed by atoms with Crippen LogP contribution in [0.15, 0.2) is 17.1 Å². The van der Waals surface area contributed by atoms with Crippen LogP contribution in [0, 0.1) is 12.8 Å². The van der Waals surface area contributed by atoms with E-state index in [2.05, 4.69) is 43.1 Å². The van der Waals surface area contributed by atoms with Gasteiger partial charge in [0.05, 0.1) is 6.54 Å². The van der Waals surface area contributed by atoms with Gasteiger partial charge in [-0.05, 0) is 44.7 Å². The second kappa shape index (κ2) is 8.87. The van der Waals surface area contributed by atoms with E-state index in [1.165, 1.54) is 22.6 Å². The van der Waals surface area contributed by atoms with Crippen molar-refractivity contribution in [3.05, 3.63) is 21.9 Å². The fourth-order valence-electron chi connectivity index (χ4n) is 2.53. The van der Waals surface area contributed by atoms with Gasteiger partial charge in [0.25, 0.3) is 0 Å². The van der Waals surface area contributed by atoms with Crippen molar-refractivity contribution in [1.82, 2.24) is 10.2 Å². The first kappa shape index (κ1) is 17.8. The Morgan fingerprint density at radius 2 is 2.30 bits per heavy atom. The molecule has 2 heterocycles. The summed E-state index contributed by atoms with van der Waals surface area (Å²) >= 11 is 1.84. The molecule has 0 saturated carbocycles. The van der Waals surface area contributed by atoms with Crippen LogP contribution in [0.4, 0.5) is 0 Å². The molecule has 0 bridgehead atoms. The molecular formula is C15H26IN3S. The summed E-state index contributed by atoms with van der Waals surface area (Å²) in [4.78, 5) is 9.92. The first-order valence-corrected chi connectivity index (χ1v) is 8.09. The third kappa shape index (κ3) is 5.24. The standard InChI is InChI=1S/C15H25N3S.HI/c1-4-16-15(18-9-5-6-12(2)11-18)17-10-14-8-7-13(3)19-14;/h7-8,12H,4-6,9-11H2,1-3H3,(H,16,17);1H. The third-order valence-corrected chi connectivity index (χ3v) is 4.46. The second-order valence-corrected chi connectivity index (χ2v) is 6.75. The summed E-state index contributed by atoms with van der Waals surface area (Å²) in [6.45, 7) is 10.6. The highest BCUT2D eigenvalue weighted by atomic mass is 127. The van der Waals surface area contributed by atoms with Crippen molar-refractivity contribution < 1.29 is 0 Å². The van der Waals surface area contributed by atoms with Gasteiger partial charge in [-0.3, -0.25) is 0 Å². The van der Waals surface area contributed by atoms with Crippen LogP contribution in [-0.4, -0.2) is 30.5 Å². The van der Waals surface area contributed by atoms with Crippen molar-refractivity contribution in [2.24, 2.45) is 10.9 Å². The number of hydrogen-bond acceptors (Lipinski definition) is 2. The Balaban J connectivity index is 0.00000200. The van der Waals surface area contributed by atoms with E-state index in [0.717, 1.165) is 38.1 Å². The van der Waals surface area contributed by atoms with Gasteiger partial charge in [-0.1, -0.05) is 6.92 Å². The van der Waals surface area contributed by atoms with E-state index in [1.807, 2.05) is 11.3 Å². The first-order valence-electron chi connectivity index (χ1n) is 7.27. The molecule has 0 aliphatic carbocycles. The Labute approximate surface area is 143 Å². The average molecular weight is 407 g/mol. The number of thiophene rings is 1. The van der Waals surface area contributed by atoms with E-state index in [9.17, 15) is 0 Å². The van der Waals surface area contributed by atoms with Crippen LogP contribution in [0.25, 0.3) is 0 Å². The van der Waals surface area contributed by atoms with Crippen LogP contribution in [0.1, 0.15) is 36.4 Å². The van der Waals surface area contributed by atoms with Gasteiger partial charge in [0, 0.05) is 29.4 Å². The Morgan fingerprint density at radius 1 is 1.50 bits per heavy atom. The molecule has 0 radical (unpaired) electrons. The number of aliphatic imine (C=N–C) groups is 1. The maximum atomic E-state index is 4.80. The topological polar surface area (TPSA) is 27.6 Å². The maximum Gasteiger partial charge on any atom is 0.194 e. The number of halogens is 1. The molecule has 1 saturated heterocycles. The van der Waals surface area contributed by atoms with Crippen molar-refractivity contribution in [3.63, 3.8) is 0 Å². The monoisotopic (exact) mass is 407 g/mol. The highest BCUT2D eigenvalue weighted by Gasteiger charge is 2.18. The molecule has 1 aliphatic rings. The Bertz CT molecular complexity index is 431. The van der Waals surface area contributed by atoms with Gasteiger partial charge in [0.2, 0.25) is 0 Å². The molecule has 0 spiro atoms. The zero-order valence-corrected chi connectivity index (χ0v) is 15.8. The van der Waals surface area contributed by atoms with Gasteiger partial charge < -0.3 is 10.2 Å². The zero-order valence-electron chi connectivity index (χ0n) is 12.7.